The Bertz CT molecular complexity index is 468. The smallest absolute Gasteiger partial charge is 0.378 e. The molecule has 1 fully saturated rings. The predicted octanol–water partition coefficient (Wildman–Crippen LogP) is 2.89. The second-order valence-electron chi connectivity index (χ2n) is 4.81. The average molecular weight is 287 g/mol. The summed E-state index contributed by atoms with van der Waals surface area (Å²) in [6, 6.07) is 4.95. The van der Waals surface area contributed by atoms with Crippen LogP contribution in [0.2, 0.25) is 0 Å². The van der Waals surface area contributed by atoms with E-state index in [1.54, 1.807) is 6.07 Å². The Hall–Kier alpha value is -1.56. The van der Waals surface area contributed by atoms with Gasteiger partial charge >= 0.3 is 6.18 Å². The molecule has 3 nitrogen and oxygen atoms in total. The van der Waals surface area contributed by atoms with Gasteiger partial charge in [-0.1, -0.05) is 12.1 Å². The number of halogens is 3. The summed E-state index contributed by atoms with van der Waals surface area (Å²) in [6.45, 7) is 0.765. The number of amides is 1. The molecule has 0 aliphatic carbocycles. The molecule has 0 saturated carbocycles. The minimum absolute atomic E-state index is 0.0588. The van der Waals surface area contributed by atoms with Gasteiger partial charge in [0.15, 0.2) is 0 Å². The van der Waals surface area contributed by atoms with E-state index in [9.17, 15) is 18.0 Å². The first-order chi connectivity index (χ1) is 9.45. The molecule has 1 saturated heterocycles. The first-order valence-corrected chi connectivity index (χ1v) is 6.49. The molecule has 0 bridgehead atoms. The summed E-state index contributed by atoms with van der Waals surface area (Å²) in [4.78, 5) is 11.6. The molecular weight excluding hydrogens is 271 g/mol. The lowest BCUT2D eigenvalue weighted by Crippen LogP contribution is -2.26. The molecule has 0 spiro atoms. The van der Waals surface area contributed by atoms with Crippen LogP contribution in [0.3, 0.4) is 0 Å². The van der Waals surface area contributed by atoms with Crippen LogP contribution in [0, 0.1) is 0 Å². The van der Waals surface area contributed by atoms with Gasteiger partial charge in [0.05, 0.1) is 18.1 Å². The Morgan fingerprint density at radius 3 is 2.85 bits per heavy atom. The van der Waals surface area contributed by atoms with Gasteiger partial charge < -0.3 is 10.1 Å². The van der Waals surface area contributed by atoms with Crippen molar-refractivity contribution in [3.63, 3.8) is 0 Å². The monoisotopic (exact) mass is 287 g/mol. The fourth-order valence-electron chi connectivity index (χ4n) is 2.14. The zero-order valence-corrected chi connectivity index (χ0v) is 10.9. The fourth-order valence-corrected chi connectivity index (χ4v) is 2.14. The summed E-state index contributed by atoms with van der Waals surface area (Å²) in [5.74, 6) is -0.200. The van der Waals surface area contributed by atoms with E-state index in [0.717, 1.165) is 25.0 Å². The van der Waals surface area contributed by atoms with Gasteiger partial charge in [0.25, 0.3) is 0 Å². The summed E-state index contributed by atoms with van der Waals surface area (Å²) in [5, 5.41) is 2.62. The van der Waals surface area contributed by atoms with E-state index in [2.05, 4.69) is 5.32 Å². The molecule has 6 heteroatoms. The molecule has 1 aliphatic heterocycles. The number of hydrogen-bond donors (Lipinski definition) is 1. The Kier molecular flexibility index (Phi) is 4.65. The van der Waals surface area contributed by atoms with Gasteiger partial charge in [-0.2, -0.15) is 13.2 Å². The first-order valence-electron chi connectivity index (χ1n) is 6.49. The van der Waals surface area contributed by atoms with E-state index >= 15 is 0 Å². The average Bonchev–Trinajstić information content (AvgIpc) is 2.88. The van der Waals surface area contributed by atoms with Crippen LogP contribution in [0.1, 0.15) is 30.4 Å². The van der Waals surface area contributed by atoms with Crippen LogP contribution >= 0.6 is 0 Å². The topological polar surface area (TPSA) is 38.3 Å². The number of carbonyl (C=O) groups is 1. The normalized spacial score (nSPS) is 19.1. The van der Waals surface area contributed by atoms with Gasteiger partial charge in [-0.25, -0.2) is 0 Å². The maximum absolute atomic E-state index is 12.5. The third-order valence-electron chi connectivity index (χ3n) is 3.18. The van der Waals surface area contributed by atoms with Crippen molar-refractivity contribution >= 4 is 5.91 Å². The number of carbonyl (C=O) groups excluding carboxylic acids is 1. The number of hydrogen-bond acceptors (Lipinski definition) is 2. The van der Waals surface area contributed by atoms with Crippen LogP contribution in [0.25, 0.3) is 0 Å². The van der Waals surface area contributed by atoms with Gasteiger partial charge in [0.1, 0.15) is 0 Å². The number of nitrogens with one attached hydrogen (secondary N) is 1. The van der Waals surface area contributed by atoms with Gasteiger partial charge in [-0.3, -0.25) is 4.79 Å². The molecule has 0 aromatic heterocycles. The zero-order valence-electron chi connectivity index (χ0n) is 10.9. The van der Waals surface area contributed by atoms with Gasteiger partial charge in [-0.05, 0) is 30.5 Å². The fraction of sp³-hybridized carbons (Fsp3) is 0.500. The second kappa shape index (κ2) is 6.26. The van der Waals surface area contributed by atoms with Crippen LogP contribution in [0.5, 0.6) is 0 Å². The molecular formula is C14H16F3NO2. The molecule has 110 valence electrons. The minimum atomic E-state index is -4.36. The first kappa shape index (κ1) is 14.8. The quantitative estimate of drug-likeness (QED) is 0.924. The third kappa shape index (κ3) is 4.23. The summed E-state index contributed by atoms with van der Waals surface area (Å²) in [6.07, 6.45) is -2.35. The van der Waals surface area contributed by atoms with E-state index in [-0.39, 0.29) is 25.0 Å². The predicted molar refractivity (Wildman–Crippen MR) is 66.9 cm³/mol. The Balaban J connectivity index is 1.85. The van der Waals surface area contributed by atoms with Crippen molar-refractivity contribution in [2.75, 3.05) is 6.61 Å². The number of benzene rings is 1. The van der Waals surface area contributed by atoms with Crippen LogP contribution in [-0.4, -0.2) is 18.6 Å². The van der Waals surface area contributed by atoms with Gasteiger partial charge in [0, 0.05) is 13.2 Å². The molecule has 0 unspecified atom stereocenters. The lowest BCUT2D eigenvalue weighted by atomic mass is 10.1. The summed E-state index contributed by atoms with van der Waals surface area (Å²) >= 11 is 0. The Labute approximate surface area is 115 Å². The van der Waals surface area contributed by atoms with Crippen LogP contribution in [0.15, 0.2) is 24.3 Å². The van der Waals surface area contributed by atoms with Crippen LogP contribution < -0.4 is 5.32 Å². The van der Waals surface area contributed by atoms with Gasteiger partial charge in [0.2, 0.25) is 5.91 Å². The van der Waals surface area contributed by atoms with E-state index < -0.39 is 11.7 Å². The van der Waals surface area contributed by atoms with Crippen molar-refractivity contribution in [3.05, 3.63) is 35.4 Å². The molecule has 1 heterocycles. The summed E-state index contributed by atoms with van der Waals surface area (Å²) < 4.78 is 42.9. The number of ether oxygens (including phenoxy) is 1. The van der Waals surface area contributed by atoms with E-state index in [1.165, 1.54) is 6.07 Å². The molecule has 0 radical (unpaired) electrons. The standard InChI is InChI=1S/C14H16F3NO2/c15-14(16,17)11-4-1-3-10(7-11)9-18-13(19)8-12-5-2-6-20-12/h1,3-4,7,12H,2,5-6,8-9H2,(H,18,19)/t12-/m1/s1. The highest BCUT2D eigenvalue weighted by atomic mass is 19.4. The van der Waals surface area contributed by atoms with E-state index in [1.807, 2.05) is 0 Å². The lowest BCUT2D eigenvalue weighted by molar-refractivity contribution is -0.137. The van der Waals surface area contributed by atoms with Gasteiger partial charge in [-0.15, -0.1) is 0 Å². The summed E-state index contributed by atoms with van der Waals surface area (Å²) in [7, 11) is 0. The minimum Gasteiger partial charge on any atom is -0.378 e. The van der Waals surface area contributed by atoms with Crippen molar-refractivity contribution < 1.29 is 22.7 Å². The second-order valence-corrected chi connectivity index (χ2v) is 4.81. The maximum atomic E-state index is 12.5. The largest absolute Gasteiger partial charge is 0.416 e. The van der Waals surface area contributed by atoms with Crippen molar-refractivity contribution in [1.82, 2.24) is 5.32 Å². The molecule has 1 N–H and O–H groups in total. The Morgan fingerprint density at radius 2 is 2.20 bits per heavy atom. The van der Waals surface area contributed by atoms with Crippen molar-refractivity contribution in [1.29, 1.82) is 0 Å². The molecule has 1 amide bonds. The highest BCUT2D eigenvalue weighted by molar-refractivity contribution is 5.76. The van der Waals surface area contributed by atoms with Crippen molar-refractivity contribution in [2.24, 2.45) is 0 Å². The van der Waals surface area contributed by atoms with E-state index in [0.29, 0.717) is 12.2 Å². The zero-order chi connectivity index (χ0) is 14.6. The molecule has 1 aromatic rings. The molecule has 1 atom stereocenters. The number of alkyl halides is 3. The lowest BCUT2D eigenvalue weighted by Gasteiger charge is -2.11. The molecule has 20 heavy (non-hydrogen) atoms. The van der Waals surface area contributed by atoms with E-state index in [4.69, 9.17) is 4.74 Å². The maximum Gasteiger partial charge on any atom is 0.416 e. The molecule has 2 rings (SSSR count). The highest BCUT2D eigenvalue weighted by Gasteiger charge is 2.30. The molecule has 1 aromatic carbocycles. The van der Waals surface area contributed by atoms with Crippen molar-refractivity contribution in [3.8, 4) is 0 Å². The highest BCUT2D eigenvalue weighted by Crippen LogP contribution is 2.29. The van der Waals surface area contributed by atoms with Crippen molar-refractivity contribution in [2.45, 2.75) is 38.1 Å². The SMILES string of the molecule is O=C(C[C@H]1CCCO1)NCc1cccc(C(F)(F)F)c1. The van der Waals surface area contributed by atoms with Crippen LogP contribution in [0.4, 0.5) is 13.2 Å². The Morgan fingerprint density at radius 1 is 1.40 bits per heavy atom. The summed E-state index contributed by atoms with van der Waals surface area (Å²) in [5.41, 5.74) is -0.274. The third-order valence-corrected chi connectivity index (χ3v) is 3.18. The molecule has 1 aliphatic rings. The number of rotatable bonds is 4. The van der Waals surface area contributed by atoms with Crippen LogP contribution in [-0.2, 0) is 22.3 Å².